The van der Waals surface area contributed by atoms with Gasteiger partial charge in [0.1, 0.15) is 5.01 Å². The average Bonchev–Trinajstić information content (AvgIpc) is 2.98. The molecule has 106 valence electrons. The summed E-state index contributed by atoms with van der Waals surface area (Å²) < 4.78 is 0. The van der Waals surface area contributed by atoms with Gasteiger partial charge in [0.05, 0.1) is 6.04 Å². The molecule has 19 heavy (non-hydrogen) atoms. The monoisotopic (exact) mass is 281 g/mol. The lowest BCUT2D eigenvalue weighted by atomic mass is 9.81. The first-order valence-electron chi connectivity index (χ1n) is 7.14. The van der Waals surface area contributed by atoms with Gasteiger partial charge in [0, 0.05) is 17.5 Å². The Morgan fingerprint density at radius 2 is 2.26 bits per heavy atom. The van der Waals surface area contributed by atoms with Crippen LogP contribution in [-0.4, -0.2) is 17.4 Å². The maximum absolute atomic E-state index is 12.3. The molecule has 2 rings (SSSR count). The molecule has 0 spiro atoms. The van der Waals surface area contributed by atoms with Gasteiger partial charge in [-0.25, -0.2) is 4.98 Å². The molecule has 3 N–H and O–H groups in total. The Labute approximate surface area is 118 Å². The summed E-state index contributed by atoms with van der Waals surface area (Å²) in [4.78, 5) is 16.6. The molecule has 1 aliphatic carbocycles. The lowest BCUT2D eigenvalue weighted by Crippen LogP contribution is -2.36. The molecule has 0 aliphatic heterocycles. The zero-order valence-electron chi connectivity index (χ0n) is 11.5. The van der Waals surface area contributed by atoms with Gasteiger partial charge in [0.15, 0.2) is 0 Å². The maximum Gasteiger partial charge on any atom is 0.223 e. The Kier molecular flexibility index (Phi) is 5.34. The molecule has 1 saturated carbocycles. The molecule has 1 aliphatic rings. The van der Waals surface area contributed by atoms with Crippen molar-refractivity contribution in [3.63, 3.8) is 0 Å². The summed E-state index contributed by atoms with van der Waals surface area (Å²) in [5.41, 5.74) is 5.68. The third-order valence-corrected chi connectivity index (χ3v) is 4.91. The van der Waals surface area contributed by atoms with Crippen molar-refractivity contribution in [3.05, 3.63) is 16.6 Å². The molecule has 1 unspecified atom stereocenters. The SMILES string of the molecule is CCC(NC(=O)C1CCC(CN)CC1)c1nccs1. The fourth-order valence-corrected chi connectivity index (χ4v) is 3.47. The van der Waals surface area contributed by atoms with E-state index in [0.29, 0.717) is 5.92 Å². The van der Waals surface area contributed by atoms with Crippen molar-refractivity contribution in [2.24, 2.45) is 17.6 Å². The Morgan fingerprint density at radius 1 is 1.53 bits per heavy atom. The molecule has 5 heteroatoms. The third kappa shape index (κ3) is 3.76. The number of nitrogens with zero attached hydrogens (tertiary/aromatic N) is 1. The van der Waals surface area contributed by atoms with Crippen molar-refractivity contribution < 1.29 is 4.79 Å². The molecule has 0 saturated heterocycles. The van der Waals surface area contributed by atoms with Crippen LogP contribution in [0, 0.1) is 11.8 Å². The van der Waals surface area contributed by atoms with E-state index in [2.05, 4.69) is 17.2 Å². The molecular formula is C14H23N3OS. The number of rotatable bonds is 5. The summed E-state index contributed by atoms with van der Waals surface area (Å²) >= 11 is 1.61. The van der Waals surface area contributed by atoms with Crippen molar-refractivity contribution in [2.75, 3.05) is 6.54 Å². The molecule has 1 aromatic rings. The molecule has 1 atom stereocenters. The molecule has 1 aromatic heterocycles. The van der Waals surface area contributed by atoms with E-state index >= 15 is 0 Å². The minimum atomic E-state index is 0.0692. The van der Waals surface area contributed by atoms with Crippen molar-refractivity contribution in [3.8, 4) is 0 Å². The van der Waals surface area contributed by atoms with Gasteiger partial charge in [-0.3, -0.25) is 4.79 Å². The molecule has 0 radical (unpaired) electrons. The predicted octanol–water partition coefficient (Wildman–Crippen LogP) is 2.48. The highest BCUT2D eigenvalue weighted by atomic mass is 32.1. The van der Waals surface area contributed by atoms with E-state index in [-0.39, 0.29) is 17.9 Å². The predicted molar refractivity (Wildman–Crippen MR) is 77.8 cm³/mol. The van der Waals surface area contributed by atoms with Crippen LogP contribution >= 0.6 is 11.3 Å². The average molecular weight is 281 g/mol. The Morgan fingerprint density at radius 3 is 2.79 bits per heavy atom. The summed E-state index contributed by atoms with van der Waals surface area (Å²) in [6.07, 6.45) is 6.80. The minimum Gasteiger partial charge on any atom is -0.347 e. The first-order valence-corrected chi connectivity index (χ1v) is 8.02. The van der Waals surface area contributed by atoms with Crippen LogP contribution in [0.4, 0.5) is 0 Å². The highest BCUT2D eigenvalue weighted by Crippen LogP contribution is 2.29. The van der Waals surface area contributed by atoms with Gasteiger partial charge in [0.2, 0.25) is 5.91 Å². The number of hydrogen-bond acceptors (Lipinski definition) is 4. The highest BCUT2D eigenvalue weighted by Gasteiger charge is 2.27. The summed E-state index contributed by atoms with van der Waals surface area (Å²) in [7, 11) is 0. The van der Waals surface area contributed by atoms with E-state index in [0.717, 1.165) is 43.7 Å². The quantitative estimate of drug-likeness (QED) is 0.871. The number of aromatic nitrogens is 1. The zero-order valence-corrected chi connectivity index (χ0v) is 12.3. The summed E-state index contributed by atoms with van der Waals surface area (Å²) in [6.45, 7) is 2.84. The molecule has 0 aromatic carbocycles. The highest BCUT2D eigenvalue weighted by molar-refractivity contribution is 7.09. The number of hydrogen-bond donors (Lipinski definition) is 2. The number of amides is 1. The molecule has 1 fully saturated rings. The minimum absolute atomic E-state index is 0.0692. The van der Waals surface area contributed by atoms with Crippen molar-refractivity contribution in [1.82, 2.24) is 10.3 Å². The van der Waals surface area contributed by atoms with Gasteiger partial charge in [-0.2, -0.15) is 0 Å². The summed E-state index contributed by atoms with van der Waals surface area (Å²) in [5, 5.41) is 6.11. The molecule has 1 heterocycles. The first-order chi connectivity index (χ1) is 9.24. The lowest BCUT2D eigenvalue weighted by molar-refractivity contribution is -0.127. The number of nitrogens with one attached hydrogen (secondary N) is 1. The van der Waals surface area contributed by atoms with Crippen molar-refractivity contribution in [1.29, 1.82) is 0 Å². The third-order valence-electron chi connectivity index (χ3n) is 4.03. The van der Waals surface area contributed by atoms with Crippen molar-refractivity contribution >= 4 is 17.2 Å². The largest absolute Gasteiger partial charge is 0.347 e. The molecular weight excluding hydrogens is 258 g/mol. The topological polar surface area (TPSA) is 68.0 Å². The fourth-order valence-electron chi connectivity index (χ4n) is 2.69. The van der Waals surface area contributed by atoms with Gasteiger partial charge in [-0.05, 0) is 44.6 Å². The van der Waals surface area contributed by atoms with E-state index in [1.54, 1.807) is 17.5 Å². The molecule has 0 bridgehead atoms. The van der Waals surface area contributed by atoms with Crippen LogP contribution in [0.1, 0.15) is 50.1 Å². The van der Waals surface area contributed by atoms with E-state index in [9.17, 15) is 4.79 Å². The Balaban J connectivity index is 1.87. The van der Waals surface area contributed by atoms with Crippen LogP contribution in [0.5, 0.6) is 0 Å². The fraction of sp³-hybridized carbons (Fsp3) is 0.714. The normalized spacial score (nSPS) is 24.9. The van der Waals surface area contributed by atoms with E-state index in [4.69, 9.17) is 5.73 Å². The van der Waals surface area contributed by atoms with E-state index in [1.165, 1.54) is 0 Å². The molecule has 4 nitrogen and oxygen atoms in total. The molecule has 1 amide bonds. The number of thiazole rings is 1. The van der Waals surface area contributed by atoms with Gasteiger partial charge in [0.25, 0.3) is 0 Å². The van der Waals surface area contributed by atoms with Crippen LogP contribution < -0.4 is 11.1 Å². The lowest BCUT2D eigenvalue weighted by Gasteiger charge is -2.28. The van der Waals surface area contributed by atoms with Gasteiger partial charge < -0.3 is 11.1 Å². The number of carbonyl (C=O) groups excluding carboxylic acids is 1. The van der Waals surface area contributed by atoms with Gasteiger partial charge >= 0.3 is 0 Å². The second-order valence-electron chi connectivity index (χ2n) is 5.29. The summed E-state index contributed by atoms with van der Waals surface area (Å²) in [5.74, 6) is 0.972. The maximum atomic E-state index is 12.3. The van der Waals surface area contributed by atoms with E-state index in [1.807, 2.05) is 5.38 Å². The van der Waals surface area contributed by atoms with Crippen LogP contribution in [0.2, 0.25) is 0 Å². The second-order valence-corrected chi connectivity index (χ2v) is 6.22. The van der Waals surface area contributed by atoms with E-state index < -0.39 is 0 Å². The first kappa shape index (κ1) is 14.5. The summed E-state index contributed by atoms with van der Waals surface area (Å²) in [6, 6.07) is 0.0692. The zero-order chi connectivity index (χ0) is 13.7. The number of carbonyl (C=O) groups is 1. The Bertz CT molecular complexity index is 385. The van der Waals surface area contributed by atoms with Crippen LogP contribution in [0.15, 0.2) is 11.6 Å². The van der Waals surface area contributed by atoms with Crippen LogP contribution in [0.3, 0.4) is 0 Å². The van der Waals surface area contributed by atoms with Crippen LogP contribution in [-0.2, 0) is 4.79 Å². The van der Waals surface area contributed by atoms with Crippen LogP contribution in [0.25, 0.3) is 0 Å². The van der Waals surface area contributed by atoms with Gasteiger partial charge in [-0.1, -0.05) is 6.92 Å². The Hall–Kier alpha value is -0.940. The van der Waals surface area contributed by atoms with Crippen molar-refractivity contribution in [2.45, 2.75) is 45.1 Å². The van der Waals surface area contributed by atoms with Gasteiger partial charge in [-0.15, -0.1) is 11.3 Å². The second kappa shape index (κ2) is 7.01. The number of nitrogens with two attached hydrogens (primary N) is 1. The smallest absolute Gasteiger partial charge is 0.223 e. The standard InChI is InChI=1S/C14H23N3OS/c1-2-12(14-16-7-8-19-14)17-13(18)11-5-3-10(9-15)4-6-11/h7-8,10-12H,2-6,9,15H2,1H3,(H,17,18).